The van der Waals surface area contributed by atoms with E-state index in [1.54, 1.807) is 19.3 Å². The minimum atomic E-state index is -2.88. The molecule has 2 saturated heterocycles. The number of nitrogens with zero attached hydrogens (tertiary/aromatic N) is 2. The Bertz CT molecular complexity index is 874. The fourth-order valence-corrected chi connectivity index (χ4v) is 5.57. The van der Waals surface area contributed by atoms with Gasteiger partial charge in [-0.05, 0) is 36.1 Å². The Morgan fingerprint density at radius 1 is 1.20 bits per heavy atom. The summed E-state index contributed by atoms with van der Waals surface area (Å²) in [4.78, 5) is 16.6. The van der Waals surface area contributed by atoms with E-state index in [1.165, 1.54) is 0 Å². The van der Waals surface area contributed by atoms with E-state index in [1.807, 2.05) is 23.1 Å². The van der Waals surface area contributed by atoms with Crippen molar-refractivity contribution in [1.29, 1.82) is 0 Å². The van der Waals surface area contributed by atoms with Gasteiger partial charge in [0.15, 0.2) is 21.3 Å². The molecule has 1 aromatic carbocycles. The molecule has 1 amide bonds. The molecule has 0 radical (unpaired) electrons. The minimum absolute atomic E-state index is 0.0344. The van der Waals surface area contributed by atoms with Crippen molar-refractivity contribution < 1.29 is 22.7 Å². The number of sulfone groups is 1. The predicted octanol–water partition coefficient (Wildman–Crippen LogP) is 2.07. The highest BCUT2D eigenvalue weighted by molar-refractivity contribution is 7.91. The third-order valence-electron chi connectivity index (χ3n) is 5.53. The van der Waals surface area contributed by atoms with Crippen LogP contribution < -0.4 is 9.47 Å². The lowest BCUT2D eigenvalue weighted by Crippen LogP contribution is -2.52. The Labute approximate surface area is 179 Å². The number of carbonyl (C=O) groups excluding carboxylic acids is 1. The van der Waals surface area contributed by atoms with Crippen molar-refractivity contribution in [1.82, 2.24) is 9.80 Å². The first-order valence-corrected chi connectivity index (χ1v) is 12.3. The first kappa shape index (κ1) is 22.6. The van der Waals surface area contributed by atoms with Gasteiger partial charge in [0.05, 0.1) is 25.2 Å². The third kappa shape index (κ3) is 5.98. The molecule has 1 atom stereocenters. The molecule has 3 rings (SSSR count). The van der Waals surface area contributed by atoms with Crippen LogP contribution in [0.25, 0.3) is 6.08 Å². The Kier molecular flexibility index (Phi) is 7.41. The van der Waals surface area contributed by atoms with Gasteiger partial charge in [-0.25, -0.2) is 8.42 Å². The average Bonchev–Trinajstić information content (AvgIpc) is 3.10. The molecule has 7 nitrogen and oxygen atoms in total. The lowest BCUT2D eigenvalue weighted by Gasteiger charge is -2.37. The molecule has 0 N–H and O–H groups in total. The SMILES string of the molecule is COc1cc(/C=C/C(=O)N2CCN(C3CCS(=O)(=O)C3)CC2)ccc1OCC(C)C. The molecular weight excluding hydrogens is 404 g/mol. The molecule has 0 spiro atoms. The van der Waals surface area contributed by atoms with Gasteiger partial charge >= 0.3 is 0 Å². The monoisotopic (exact) mass is 436 g/mol. The van der Waals surface area contributed by atoms with Crippen LogP contribution in [0, 0.1) is 5.92 Å². The van der Waals surface area contributed by atoms with Gasteiger partial charge in [-0.1, -0.05) is 19.9 Å². The summed E-state index contributed by atoms with van der Waals surface area (Å²) in [6.45, 7) is 7.46. The topological polar surface area (TPSA) is 76.2 Å². The van der Waals surface area contributed by atoms with E-state index in [-0.39, 0.29) is 23.5 Å². The maximum atomic E-state index is 12.6. The summed E-state index contributed by atoms with van der Waals surface area (Å²) in [7, 11) is -1.28. The van der Waals surface area contributed by atoms with E-state index in [4.69, 9.17) is 9.47 Å². The van der Waals surface area contributed by atoms with Crippen molar-refractivity contribution in [3.63, 3.8) is 0 Å². The Morgan fingerprint density at radius 3 is 2.53 bits per heavy atom. The number of piperazine rings is 1. The van der Waals surface area contributed by atoms with Gasteiger partial charge in [0.1, 0.15) is 0 Å². The third-order valence-corrected chi connectivity index (χ3v) is 7.28. The van der Waals surface area contributed by atoms with Crippen LogP contribution in [0.3, 0.4) is 0 Å². The Hall–Kier alpha value is -2.06. The highest BCUT2D eigenvalue weighted by atomic mass is 32.2. The molecule has 0 aliphatic carbocycles. The number of methoxy groups -OCH3 is 1. The van der Waals surface area contributed by atoms with Crippen molar-refractivity contribution in [2.45, 2.75) is 26.3 Å². The number of carbonyl (C=O) groups is 1. The quantitative estimate of drug-likeness (QED) is 0.609. The number of hydrogen-bond donors (Lipinski definition) is 0. The lowest BCUT2D eigenvalue weighted by molar-refractivity contribution is -0.127. The van der Waals surface area contributed by atoms with Crippen molar-refractivity contribution >= 4 is 21.8 Å². The van der Waals surface area contributed by atoms with Crippen LogP contribution in [0.2, 0.25) is 0 Å². The maximum Gasteiger partial charge on any atom is 0.246 e. The van der Waals surface area contributed by atoms with Crippen molar-refractivity contribution in [2.75, 3.05) is 51.4 Å². The summed E-state index contributed by atoms with van der Waals surface area (Å²) >= 11 is 0. The fourth-order valence-electron chi connectivity index (χ4n) is 3.81. The summed E-state index contributed by atoms with van der Waals surface area (Å²) in [5, 5.41) is 0. The molecule has 2 aliphatic heterocycles. The Balaban J connectivity index is 1.53. The predicted molar refractivity (Wildman–Crippen MR) is 118 cm³/mol. The van der Waals surface area contributed by atoms with Gasteiger partial charge in [0.2, 0.25) is 5.91 Å². The van der Waals surface area contributed by atoms with Gasteiger partial charge in [0.25, 0.3) is 0 Å². The molecule has 0 saturated carbocycles. The van der Waals surface area contributed by atoms with Crippen LogP contribution in [-0.2, 0) is 14.6 Å². The molecule has 30 heavy (non-hydrogen) atoms. The fraction of sp³-hybridized carbons (Fsp3) is 0.591. The number of ether oxygens (including phenoxy) is 2. The first-order valence-electron chi connectivity index (χ1n) is 10.5. The van der Waals surface area contributed by atoms with Crippen LogP contribution in [0.1, 0.15) is 25.8 Å². The molecule has 0 bridgehead atoms. The zero-order valence-corrected chi connectivity index (χ0v) is 18.9. The molecular formula is C22H32N2O5S. The standard InChI is InChI=1S/C22H32N2O5S/c1-17(2)15-29-20-6-4-18(14-21(20)28-3)5-7-22(25)24-11-9-23(10-12-24)19-8-13-30(26,27)16-19/h4-7,14,17,19H,8-13,15-16H2,1-3H3/b7-5+. The van der Waals surface area contributed by atoms with Crippen LogP contribution in [-0.4, -0.2) is 81.6 Å². The zero-order chi connectivity index (χ0) is 21.7. The van der Waals surface area contributed by atoms with Gasteiger partial charge in [-0.15, -0.1) is 0 Å². The highest BCUT2D eigenvalue weighted by Crippen LogP contribution is 2.29. The highest BCUT2D eigenvalue weighted by Gasteiger charge is 2.34. The zero-order valence-electron chi connectivity index (χ0n) is 18.0. The van der Waals surface area contributed by atoms with Crippen LogP contribution in [0.4, 0.5) is 0 Å². The van der Waals surface area contributed by atoms with Gasteiger partial charge < -0.3 is 14.4 Å². The largest absolute Gasteiger partial charge is 0.493 e. The minimum Gasteiger partial charge on any atom is -0.493 e. The van der Waals surface area contributed by atoms with Crippen molar-refractivity contribution in [3.05, 3.63) is 29.8 Å². The maximum absolute atomic E-state index is 12.6. The molecule has 8 heteroatoms. The number of amides is 1. The average molecular weight is 437 g/mol. The summed E-state index contributed by atoms with van der Waals surface area (Å²) in [6.07, 6.45) is 4.07. The summed E-state index contributed by atoms with van der Waals surface area (Å²) < 4.78 is 34.6. The van der Waals surface area contributed by atoms with Gasteiger partial charge in [-0.2, -0.15) is 0 Å². The lowest BCUT2D eigenvalue weighted by atomic mass is 10.1. The molecule has 2 aliphatic rings. The second-order valence-electron chi connectivity index (χ2n) is 8.37. The summed E-state index contributed by atoms with van der Waals surface area (Å²) in [5.74, 6) is 2.26. The van der Waals surface area contributed by atoms with Gasteiger partial charge in [0, 0.05) is 38.3 Å². The molecule has 2 heterocycles. The molecule has 1 unspecified atom stereocenters. The summed E-state index contributed by atoms with van der Waals surface area (Å²) in [5.41, 5.74) is 0.867. The van der Waals surface area contributed by atoms with Crippen molar-refractivity contribution in [2.24, 2.45) is 5.92 Å². The smallest absolute Gasteiger partial charge is 0.246 e. The van der Waals surface area contributed by atoms with Crippen molar-refractivity contribution in [3.8, 4) is 11.5 Å². The van der Waals surface area contributed by atoms with E-state index in [9.17, 15) is 13.2 Å². The Morgan fingerprint density at radius 2 is 1.93 bits per heavy atom. The van der Waals surface area contributed by atoms with E-state index < -0.39 is 9.84 Å². The number of hydrogen-bond acceptors (Lipinski definition) is 6. The van der Waals surface area contributed by atoms with Crippen LogP contribution in [0.15, 0.2) is 24.3 Å². The van der Waals surface area contributed by atoms with E-state index in [0.29, 0.717) is 43.5 Å². The second kappa shape index (κ2) is 9.83. The second-order valence-corrected chi connectivity index (χ2v) is 10.6. The molecule has 2 fully saturated rings. The van der Waals surface area contributed by atoms with E-state index >= 15 is 0 Å². The van der Waals surface area contributed by atoms with Gasteiger partial charge in [-0.3, -0.25) is 9.69 Å². The summed E-state index contributed by atoms with van der Waals surface area (Å²) in [6, 6.07) is 5.73. The molecule has 0 aromatic heterocycles. The molecule has 1 aromatic rings. The van der Waals surface area contributed by atoms with Crippen LogP contribution >= 0.6 is 0 Å². The first-order chi connectivity index (χ1) is 14.3. The number of rotatable bonds is 7. The van der Waals surface area contributed by atoms with E-state index in [0.717, 1.165) is 18.7 Å². The van der Waals surface area contributed by atoms with E-state index in [2.05, 4.69) is 18.7 Å². The molecule has 166 valence electrons. The number of benzene rings is 1. The van der Waals surface area contributed by atoms with Crippen LogP contribution in [0.5, 0.6) is 11.5 Å². The normalized spacial score (nSPS) is 22.0.